The van der Waals surface area contributed by atoms with Crippen LogP contribution in [0.5, 0.6) is 0 Å². The molecule has 1 heterocycles. The van der Waals surface area contributed by atoms with Crippen molar-refractivity contribution in [3.8, 4) is 0 Å². The first-order valence-electron chi connectivity index (χ1n) is 6.78. The number of alkyl halides is 3. The van der Waals surface area contributed by atoms with Crippen molar-refractivity contribution < 1.29 is 22.8 Å². The molecule has 5 nitrogen and oxygen atoms in total. The maximum Gasteiger partial charge on any atom is 0.416 e. The van der Waals surface area contributed by atoms with Crippen molar-refractivity contribution in [1.82, 2.24) is 15.5 Å². The van der Waals surface area contributed by atoms with Gasteiger partial charge in [0.25, 0.3) is 0 Å². The predicted octanol–water partition coefficient (Wildman–Crippen LogP) is 1.91. The molecular weight excluding hydrogens is 299 g/mol. The number of carbonyl (C=O) groups excluding carboxylic acids is 2. The maximum atomic E-state index is 12.7. The van der Waals surface area contributed by atoms with E-state index in [1.54, 1.807) is 13.0 Å². The van der Waals surface area contributed by atoms with Crippen LogP contribution in [0.1, 0.15) is 24.1 Å². The lowest BCUT2D eigenvalue weighted by Crippen LogP contribution is -2.40. The van der Waals surface area contributed by atoms with Crippen LogP contribution >= 0.6 is 0 Å². The highest BCUT2D eigenvalue weighted by atomic mass is 19.4. The number of nitrogens with one attached hydrogen (secondary N) is 2. The topological polar surface area (TPSA) is 61.4 Å². The van der Waals surface area contributed by atoms with Crippen LogP contribution in [0.2, 0.25) is 0 Å². The van der Waals surface area contributed by atoms with Gasteiger partial charge in [0, 0.05) is 19.1 Å². The van der Waals surface area contributed by atoms with E-state index in [4.69, 9.17) is 0 Å². The molecule has 0 aromatic heterocycles. The molecule has 2 N–H and O–H groups in total. The van der Waals surface area contributed by atoms with Gasteiger partial charge in [-0.05, 0) is 24.6 Å². The molecule has 0 spiro atoms. The van der Waals surface area contributed by atoms with Crippen molar-refractivity contribution in [3.63, 3.8) is 0 Å². The summed E-state index contributed by atoms with van der Waals surface area (Å²) in [7, 11) is 0. The van der Waals surface area contributed by atoms with Gasteiger partial charge in [0.05, 0.1) is 12.1 Å². The van der Waals surface area contributed by atoms with E-state index in [2.05, 4.69) is 10.6 Å². The molecule has 0 aliphatic carbocycles. The Morgan fingerprint density at radius 2 is 2.18 bits per heavy atom. The molecule has 2 rings (SSSR count). The summed E-state index contributed by atoms with van der Waals surface area (Å²) >= 11 is 0. The number of hydrogen-bond acceptors (Lipinski definition) is 3. The lowest BCUT2D eigenvalue weighted by Gasteiger charge is -2.18. The summed E-state index contributed by atoms with van der Waals surface area (Å²) in [5.74, 6) is -0.408. The zero-order valence-corrected chi connectivity index (χ0v) is 11.9. The number of amides is 3. The van der Waals surface area contributed by atoms with Crippen LogP contribution in [-0.4, -0.2) is 36.5 Å². The highest BCUT2D eigenvalue weighted by molar-refractivity contribution is 5.96. The lowest BCUT2D eigenvalue weighted by atomic mass is 10.0. The van der Waals surface area contributed by atoms with Crippen LogP contribution in [0.4, 0.5) is 18.0 Å². The molecule has 0 saturated carbocycles. The highest BCUT2D eigenvalue weighted by Gasteiger charge is 2.31. The molecule has 8 heteroatoms. The van der Waals surface area contributed by atoms with Gasteiger partial charge in [-0.3, -0.25) is 9.69 Å². The summed E-state index contributed by atoms with van der Waals surface area (Å²) in [6, 6.07) is 4.03. The Kier molecular flexibility index (Phi) is 4.70. The summed E-state index contributed by atoms with van der Waals surface area (Å²) in [6.07, 6.45) is -4.40. The second-order valence-electron chi connectivity index (χ2n) is 5.00. The highest BCUT2D eigenvalue weighted by Crippen LogP contribution is 2.30. The maximum absolute atomic E-state index is 12.7. The lowest BCUT2D eigenvalue weighted by molar-refractivity contribution is -0.137. The van der Waals surface area contributed by atoms with E-state index in [0.717, 1.165) is 17.0 Å². The molecular formula is C14H16F3N3O2. The first-order chi connectivity index (χ1) is 10.3. The normalized spacial score (nSPS) is 16.5. The third-order valence-corrected chi connectivity index (χ3v) is 3.43. The van der Waals surface area contributed by atoms with E-state index >= 15 is 0 Å². The van der Waals surface area contributed by atoms with E-state index in [1.165, 1.54) is 6.07 Å². The molecule has 1 aliphatic heterocycles. The molecule has 3 amide bonds. The van der Waals surface area contributed by atoms with E-state index in [0.29, 0.717) is 18.7 Å². The third kappa shape index (κ3) is 3.76. The zero-order valence-electron chi connectivity index (χ0n) is 11.9. The smallest absolute Gasteiger partial charge is 0.336 e. The van der Waals surface area contributed by atoms with Crippen molar-refractivity contribution in [3.05, 3.63) is 35.4 Å². The number of halogens is 3. The van der Waals surface area contributed by atoms with E-state index in [9.17, 15) is 22.8 Å². The standard InChI is InChI=1S/C14H16F3N3O2/c1-9(10-3-2-4-11(7-10)14(15,16)17)19-8-12(21)20-6-5-18-13(20)22/h2-4,7,9,19H,5-6,8H2,1H3,(H,18,22)/t9-/m1/s1. The van der Waals surface area contributed by atoms with E-state index in [-0.39, 0.29) is 6.54 Å². The Bertz CT molecular complexity index is 575. The summed E-state index contributed by atoms with van der Waals surface area (Å²) in [6.45, 7) is 2.25. The number of nitrogens with zero attached hydrogens (tertiary/aromatic N) is 1. The van der Waals surface area contributed by atoms with Crippen molar-refractivity contribution in [1.29, 1.82) is 0 Å². The Labute approximate surface area is 125 Å². The Morgan fingerprint density at radius 1 is 1.45 bits per heavy atom. The van der Waals surface area contributed by atoms with Gasteiger partial charge in [-0.25, -0.2) is 4.79 Å². The number of imide groups is 1. The van der Waals surface area contributed by atoms with Crippen LogP contribution < -0.4 is 10.6 Å². The van der Waals surface area contributed by atoms with Crippen LogP contribution in [0, 0.1) is 0 Å². The molecule has 1 atom stereocenters. The van der Waals surface area contributed by atoms with Crippen molar-refractivity contribution in [2.45, 2.75) is 19.1 Å². The fourth-order valence-electron chi connectivity index (χ4n) is 2.15. The molecule has 0 radical (unpaired) electrons. The first-order valence-corrected chi connectivity index (χ1v) is 6.78. The average Bonchev–Trinajstić information content (AvgIpc) is 2.90. The minimum Gasteiger partial charge on any atom is -0.336 e. The summed E-state index contributed by atoms with van der Waals surface area (Å²) in [5.41, 5.74) is -0.308. The number of benzene rings is 1. The van der Waals surface area contributed by atoms with Gasteiger partial charge in [0.15, 0.2) is 0 Å². The van der Waals surface area contributed by atoms with Gasteiger partial charge in [0.1, 0.15) is 0 Å². The minimum atomic E-state index is -4.40. The Balaban J connectivity index is 1.96. The molecule has 1 aromatic carbocycles. The molecule has 1 aliphatic rings. The van der Waals surface area contributed by atoms with Gasteiger partial charge in [-0.15, -0.1) is 0 Å². The Hall–Kier alpha value is -2.09. The third-order valence-electron chi connectivity index (χ3n) is 3.43. The van der Waals surface area contributed by atoms with Gasteiger partial charge >= 0.3 is 12.2 Å². The van der Waals surface area contributed by atoms with Crippen molar-refractivity contribution in [2.24, 2.45) is 0 Å². The number of carbonyl (C=O) groups is 2. The fraction of sp³-hybridized carbons (Fsp3) is 0.429. The van der Waals surface area contributed by atoms with E-state index < -0.39 is 29.7 Å². The monoisotopic (exact) mass is 315 g/mol. The van der Waals surface area contributed by atoms with Crippen LogP contribution in [-0.2, 0) is 11.0 Å². The molecule has 120 valence electrons. The summed E-state index contributed by atoms with van der Waals surface area (Å²) in [5, 5.41) is 5.34. The van der Waals surface area contributed by atoms with Gasteiger partial charge in [-0.1, -0.05) is 12.1 Å². The molecule has 1 fully saturated rings. The zero-order chi connectivity index (χ0) is 16.3. The average molecular weight is 315 g/mol. The van der Waals surface area contributed by atoms with Crippen molar-refractivity contribution in [2.75, 3.05) is 19.6 Å². The second-order valence-corrected chi connectivity index (χ2v) is 5.00. The Morgan fingerprint density at radius 3 is 2.77 bits per heavy atom. The quantitative estimate of drug-likeness (QED) is 0.892. The number of rotatable bonds is 4. The van der Waals surface area contributed by atoms with Gasteiger partial charge in [-0.2, -0.15) is 13.2 Å². The SMILES string of the molecule is C[C@@H](NCC(=O)N1CCNC1=O)c1cccc(C(F)(F)F)c1. The van der Waals surface area contributed by atoms with Gasteiger partial charge in [0.2, 0.25) is 5.91 Å². The largest absolute Gasteiger partial charge is 0.416 e. The molecule has 22 heavy (non-hydrogen) atoms. The van der Waals surface area contributed by atoms with Crippen LogP contribution in [0.3, 0.4) is 0 Å². The van der Waals surface area contributed by atoms with Crippen molar-refractivity contribution >= 4 is 11.9 Å². The van der Waals surface area contributed by atoms with E-state index in [1.807, 2.05) is 0 Å². The fourth-order valence-corrected chi connectivity index (χ4v) is 2.15. The predicted molar refractivity (Wildman–Crippen MR) is 73.0 cm³/mol. The van der Waals surface area contributed by atoms with Gasteiger partial charge < -0.3 is 10.6 Å². The molecule has 0 bridgehead atoms. The minimum absolute atomic E-state index is 0.120. The van der Waals surface area contributed by atoms with Crippen LogP contribution in [0.15, 0.2) is 24.3 Å². The summed E-state index contributed by atoms with van der Waals surface area (Å²) < 4.78 is 38.0. The number of hydrogen-bond donors (Lipinski definition) is 2. The van der Waals surface area contributed by atoms with Crippen LogP contribution in [0.25, 0.3) is 0 Å². The molecule has 0 unspecified atom stereocenters. The number of urea groups is 1. The first kappa shape index (κ1) is 16.3. The summed E-state index contributed by atoms with van der Waals surface area (Å²) in [4.78, 5) is 24.2. The molecule has 1 aromatic rings. The molecule has 1 saturated heterocycles. The second kappa shape index (κ2) is 6.35.